The second-order valence-corrected chi connectivity index (χ2v) is 6.22. The first kappa shape index (κ1) is 17.8. The van der Waals surface area contributed by atoms with Gasteiger partial charge in [0.05, 0.1) is 0 Å². The Bertz CT molecular complexity index is 639. The molecule has 2 rings (SSSR count). The Hall–Kier alpha value is -2.57. The molecule has 0 saturated heterocycles. The SMILES string of the molecule is Cc1ccc(C(C)C)cc1OCC(=O)NNC(=O)C(=O)NC1CC1. The zero-order valence-electron chi connectivity index (χ0n) is 14.1. The smallest absolute Gasteiger partial charge is 0.327 e. The third-order valence-corrected chi connectivity index (χ3v) is 3.67. The van der Waals surface area contributed by atoms with Crippen molar-refractivity contribution >= 4 is 17.7 Å². The topological polar surface area (TPSA) is 96.5 Å². The lowest BCUT2D eigenvalue weighted by molar-refractivity contribution is -0.141. The van der Waals surface area contributed by atoms with Gasteiger partial charge < -0.3 is 10.1 Å². The number of hydrogen-bond acceptors (Lipinski definition) is 4. The summed E-state index contributed by atoms with van der Waals surface area (Å²) in [5, 5.41) is 2.53. The van der Waals surface area contributed by atoms with Gasteiger partial charge in [0, 0.05) is 6.04 Å². The third-order valence-electron chi connectivity index (χ3n) is 3.67. The molecule has 0 atom stereocenters. The molecule has 7 nitrogen and oxygen atoms in total. The van der Waals surface area contributed by atoms with Crippen LogP contribution in [-0.2, 0) is 14.4 Å². The molecule has 7 heteroatoms. The Morgan fingerprint density at radius 2 is 1.88 bits per heavy atom. The van der Waals surface area contributed by atoms with Gasteiger partial charge in [-0.15, -0.1) is 0 Å². The lowest BCUT2D eigenvalue weighted by Gasteiger charge is -2.13. The van der Waals surface area contributed by atoms with Crippen LogP contribution in [0.4, 0.5) is 0 Å². The maximum Gasteiger partial charge on any atom is 0.327 e. The summed E-state index contributed by atoms with van der Waals surface area (Å²) in [7, 11) is 0. The molecule has 3 N–H and O–H groups in total. The van der Waals surface area contributed by atoms with Crippen LogP contribution >= 0.6 is 0 Å². The molecular formula is C17H23N3O4. The van der Waals surface area contributed by atoms with E-state index in [0.717, 1.165) is 24.0 Å². The number of aryl methyl sites for hydroxylation is 1. The summed E-state index contributed by atoms with van der Waals surface area (Å²) in [5.74, 6) is -1.22. The molecule has 1 fully saturated rings. The monoisotopic (exact) mass is 333 g/mol. The van der Waals surface area contributed by atoms with Crippen LogP contribution in [0.2, 0.25) is 0 Å². The van der Waals surface area contributed by atoms with Crippen molar-refractivity contribution in [2.45, 2.75) is 45.6 Å². The van der Waals surface area contributed by atoms with Gasteiger partial charge in [0.2, 0.25) is 0 Å². The van der Waals surface area contributed by atoms with Crippen LogP contribution in [0, 0.1) is 6.92 Å². The van der Waals surface area contributed by atoms with Crippen LogP contribution in [0.5, 0.6) is 5.75 Å². The lowest BCUT2D eigenvalue weighted by Crippen LogP contribution is -2.50. The molecule has 1 aromatic rings. The predicted octanol–water partition coefficient (Wildman–Crippen LogP) is 0.923. The van der Waals surface area contributed by atoms with Crippen LogP contribution < -0.4 is 20.9 Å². The maximum atomic E-state index is 11.7. The number of carbonyl (C=O) groups is 3. The Kier molecular flexibility index (Phi) is 5.78. The standard InChI is InChI=1S/C17H23N3O4/c1-10(2)12-5-4-11(3)14(8-12)24-9-15(21)19-20-17(23)16(22)18-13-6-7-13/h4-5,8,10,13H,6-7,9H2,1-3H3,(H,18,22)(H,19,21)(H,20,23). The highest BCUT2D eigenvalue weighted by atomic mass is 16.5. The normalized spacial score (nSPS) is 13.3. The summed E-state index contributed by atoms with van der Waals surface area (Å²) in [4.78, 5) is 34.6. The minimum Gasteiger partial charge on any atom is -0.483 e. The Morgan fingerprint density at radius 1 is 1.17 bits per heavy atom. The van der Waals surface area contributed by atoms with Gasteiger partial charge in [0.25, 0.3) is 5.91 Å². The minimum absolute atomic E-state index is 0.0819. The Balaban J connectivity index is 1.77. The van der Waals surface area contributed by atoms with Crippen molar-refractivity contribution in [2.24, 2.45) is 0 Å². The Labute approximate surface area is 141 Å². The van der Waals surface area contributed by atoms with E-state index < -0.39 is 17.7 Å². The molecule has 0 aliphatic heterocycles. The van der Waals surface area contributed by atoms with E-state index in [-0.39, 0.29) is 12.6 Å². The summed E-state index contributed by atoms with van der Waals surface area (Å²) < 4.78 is 5.49. The zero-order valence-corrected chi connectivity index (χ0v) is 14.1. The summed E-state index contributed by atoms with van der Waals surface area (Å²) >= 11 is 0. The highest BCUT2D eigenvalue weighted by Crippen LogP contribution is 2.24. The average molecular weight is 333 g/mol. The van der Waals surface area contributed by atoms with Crippen LogP contribution in [-0.4, -0.2) is 30.4 Å². The van der Waals surface area contributed by atoms with E-state index in [1.807, 2.05) is 25.1 Å². The molecule has 0 spiro atoms. The molecule has 1 aromatic carbocycles. The van der Waals surface area contributed by atoms with Gasteiger partial charge in [-0.25, -0.2) is 0 Å². The summed E-state index contributed by atoms with van der Waals surface area (Å²) in [5.41, 5.74) is 6.25. The van der Waals surface area contributed by atoms with E-state index in [1.54, 1.807) is 0 Å². The first-order valence-electron chi connectivity index (χ1n) is 8.00. The largest absolute Gasteiger partial charge is 0.483 e. The van der Waals surface area contributed by atoms with Gasteiger partial charge in [-0.2, -0.15) is 0 Å². The van der Waals surface area contributed by atoms with Crippen molar-refractivity contribution in [3.63, 3.8) is 0 Å². The second-order valence-electron chi connectivity index (χ2n) is 6.22. The van der Waals surface area contributed by atoms with Crippen molar-refractivity contribution in [2.75, 3.05) is 6.61 Å². The van der Waals surface area contributed by atoms with Crippen LogP contribution in [0.25, 0.3) is 0 Å². The number of hydrazine groups is 1. The van der Waals surface area contributed by atoms with E-state index >= 15 is 0 Å². The molecule has 0 heterocycles. The van der Waals surface area contributed by atoms with Gasteiger partial charge in [0.15, 0.2) is 6.61 Å². The zero-order chi connectivity index (χ0) is 17.7. The fourth-order valence-corrected chi connectivity index (χ4v) is 1.97. The molecule has 0 radical (unpaired) electrons. The minimum atomic E-state index is -0.895. The fraction of sp³-hybridized carbons (Fsp3) is 0.471. The van der Waals surface area contributed by atoms with Crippen molar-refractivity contribution < 1.29 is 19.1 Å². The summed E-state index contributed by atoms with van der Waals surface area (Å²) in [6.07, 6.45) is 1.77. The second kappa shape index (κ2) is 7.81. The highest BCUT2D eigenvalue weighted by molar-refractivity contribution is 6.35. The van der Waals surface area contributed by atoms with Crippen molar-refractivity contribution in [3.8, 4) is 5.75 Å². The number of amides is 3. The number of ether oxygens (including phenoxy) is 1. The highest BCUT2D eigenvalue weighted by Gasteiger charge is 2.26. The molecular weight excluding hydrogens is 310 g/mol. The van der Waals surface area contributed by atoms with Crippen molar-refractivity contribution in [1.29, 1.82) is 0 Å². The van der Waals surface area contributed by atoms with Crippen molar-refractivity contribution in [1.82, 2.24) is 16.2 Å². The molecule has 1 saturated carbocycles. The fourth-order valence-electron chi connectivity index (χ4n) is 1.97. The molecule has 1 aliphatic carbocycles. The number of carbonyl (C=O) groups excluding carboxylic acids is 3. The van der Waals surface area contributed by atoms with Gasteiger partial charge in [-0.1, -0.05) is 26.0 Å². The van der Waals surface area contributed by atoms with Crippen molar-refractivity contribution in [3.05, 3.63) is 29.3 Å². The Morgan fingerprint density at radius 3 is 2.50 bits per heavy atom. The molecule has 1 aliphatic rings. The van der Waals surface area contributed by atoms with E-state index in [2.05, 4.69) is 30.0 Å². The maximum absolute atomic E-state index is 11.7. The van der Waals surface area contributed by atoms with E-state index in [9.17, 15) is 14.4 Å². The first-order valence-corrected chi connectivity index (χ1v) is 8.00. The van der Waals surface area contributed by atoms with Gasteiger partial charge >= 0.3 is 11.8 Å². The van der Waals surface area contributed by atoms with E-state index in [1.165, 1.54) is 0 Å². The summed E-state index contributed by atoms with van der Waals surface area (Å²) in [6, 6.07) is 5.94. The molecule has 130 valence electrons. The van der Waals surface area contributed by atoms with Gasteiger partial charge in [-0.05, 0) is 42.9 Å². The molecule has 3 amide bonds. The number of rotatable bonds is 5. The van der Waals surface area contributed by atoms with E-state index in [4.69, 9.17) is 4.74 Å². The molecule has 0 bridgehead atoms. The average Bonchev–Trinajstić information content (AvgIpc) is 3.35. The summed E-state index contributed by atoms with van der Waals surface area (Å²) in [6.45, 7) is 5.78. The first-order chi connectivity index (χ1) is 11.4. The number of benzene rings is 1. The third kappa shape index (κ3) is 5.26. The molecule has 0 aromatic heterocycles. The number of hydrogen-bond donors (Lipinski definition) is 3. The lowest BCUT2D eigenvalue weighted by atomic mass is 10.0. The van der Waals surface area contributed by atoms with Crippen LogP contribution in [0.15, 0.2) is 18.2 Å². The predicted molar refractivity (Wildman–Crippen MR) is 88.2 cm³/mol. The quantitative estimate of drug-likeness (QED) is 0.551. The number of nitrogens with one attached hydrogen (secondary N) is 3. The van der Waals surface area contributed by atoms with Gasteiger partial charge in [-0.3, -0.25) is 25.2 Å². The van der Waals surface area contributed by atoms with Crippen LogP contribution in [0.3, 0.4) is 0 Å². The molecule has 24 heavy (non-hydrogen) atoms. The molecule has 0 unspecified atom stereocenters. The van der Waals surface area contributed by atoms with E-state index in [0.29, 0.717) is 11.7 Å². The van der Waals surface area contributed by atoms with Gasteiger partial charge in [0.1, 0.15) is 5.75 Å². The van der Waals surface area contributed by atoms with Crippen LogP contribution in [0.1, 0.15) is 43.7 Å².